The molecular formula is C21H20N2O3. The molecule has 1 N–H and O–H groups in total. The first kappa shape index (κ1) is 17.6. The Bertz CT molecular complexity index is 897. The summed E-state index contributed by atoms with van der Waals surface area (Å²) < 4.78 is 11.5. The van der Waals surface area contributed by atoms with Gasteiger partial charge in [-0.2, -0.15) is 5.26 Å². The summed E-state index contributed by atoms with van der Waals surface area (Å²) in [6, 6.07) is 12.7. The Labute approximate surface area is 152 Å². The number of rotatable bonds is 5. The molecule has 1 aliphatic heterocycles. The summed E-state index contributed by atoms with van der Waals surface area (Å²) in [7, 11) is 0. The molecule has 0 aromatic heterocycles. The van der Waals surface area contributed by atoms with Crippen molar-refractivity contribution in [2.75, 3.05) is 11.9 Å². The molecule has 2 aromatic carbocycles. The summed E-state index contributed by atoms with van der Waals surface area (Å²) in [5.41, 5.74) is 2.99. The van der Waals surface area contributed by atoms with Crippen molar-refractivity contribution in [1.82, 2.24) is 0 Å². The summed E-state index contributed by atoms with van der Waals surface area (Å²) in [5, 5.41) is 11.7. The Balaban J connectivity index is 1.77. The molecule has 132 valence electrons. The first-order valence-corrected chi connectivity index (χ1v) is 8.54. The number of nitrogens with one attached hydrogen (secondary N) is 1. The number of ether oxygens (including phenoxy) is 2. The highest BCUT2D eigenvalue weighted by molar-refractivity contribution is 6.02. The van der Waals surface area contributed by atoms with Gasteiger partial charge in [0, 0.05) is 29.3 Å². The molecule has 0 saturated carbocycles. The van der Waals surface area contributed by atoms with E-state index >= 15 is 0 Å². The summed E-state index contributed by atoms with van der Waals surface area (Å²) in [4.78, 5) is 12.2. The van der Waals surface area contributed by atoms with Gasteiger partial charge in [0.05, 0.1) is 18.2 Å². The minimum atomic E-state index is -0.280. The maximum absolute atomic E-state index is 12.2. The number of nitrogens with zero attached hydrogens (tertiary/aromatic N) is 1. The van der Waals surface area contributed by atoms with Gasteiger partial charge in [-0.3, -0.25) is 4.79 Å². The van der Waals surface area contributed by atoms with Crippen molar-refractivity contribution in [1.29, 1.82) is 5.26 Å². The lowest BCUT2D eigenvalue weighted by Gasteiger charge is -2.10. The van der Waals surface area contributed by atoms with Crippen LogP contribution in [0.5, 0.6) is 11.5 Å². The van der Waals surface area contributed by atoms with Gasteiger partial charge in [0.2, 0.25) is 5.91 Å². The lowest BCUT2D eigenvalue weighted by molar-refractivity contribution is -0.111. The van der Waals surface area contributed by atoms with Crippen LogP contribution in [-0.4, -0.2) is 18.6 Å². The number of hydrogen-bond acceptors (Lipinski definition) is 4. The summed E-state index contributed by atoms with van der Waals surface area (Å²) in [6.07, 6.45) is 4.16. The van der Waals surface area contributed by atoms with Gasteiger partial charge in [0.1, 0.15) is 17.6 Å². The van der Waals surface area contributed by atoms with E-state index in [1.165, 1.54) is 6.08 Å². The molecule has 1 heterocycles. The van der Waals surface area contributed by atoms with Crippen molar-refractivity contribution in [2.24, 2.45) is 0 Å². The predicted octanol–water partition coefficient (Wildman–Crippen LogP) is 3.93. The molecule has 1 atom stereocenters. The van der Waals surface area contributed by atoms with E-state index in [2.05, 4.69) is 5.32 Å². The highest BCUT2D eigenvalue weighted by Crippen LogP contribution is 2.35. The molecule has 26 heavy (non-hydrogen) atoms. The van der Waals surface area contributed by atoms with Crippen LogP contribution in [0, 0.1) is 11.3 Å². The molecule has 0 saturated heterocycles. The smallest absolute Gasteiger partial charge is 0.248 e. The number of fused-ring (bicyclic) bond motifs is 1. The highest BCUT2D eigenvalue weighted by Gasteiger charge is 2.21. The van der Waals surface area contributed by atoms with Crippen LogP contribution in [0.15, 0.2) is 42.5 Å². The molecule has 3 rings (SSSR count). The highest BCUT2D eigenvalue weighted by atomic mass is 16.5. The monoisotopic (exact) mass is 348 g/mol. The average Bonchev–Trinajstić information content (AvgIpc) is 2.99. The molecule has 2 aromatic rings. The SMILES string of the molecule is CCOc1cc2c(cc1/C=C/C(=O)Nc1cccc(C#N)c1)OC(C)C2. The second-order valence-corrected chi connectivity index (χ2v) is 6.08. The number of anilines is 1. The lowest BCUT2D eigenvalue weighted by Crippen LogP contribution is -2.07. The minimum absolute atomic E-state index is 0.148. The number of amides is 1. The van der Waals surface area contributed by atoms with Crippen LogP contribution in [-0.2, 0) is 11.2 Å². The van der Waals surface area contributed by atoms with Crippen LogP contribution in [0.2, 0.25) is 0 Å². The van der Waals surface area contributed by atoms with E-state index in [-0.39, 0.29) is 12.0 Å². The van der Waals surface area contributed by atoms with Gasteiger partial charge in [0.15, 0.2) is 0 Å². The summed E-state index contributed by atoms with van der Waals surface area (Å²) >= 11 is 0. The van der Waals surface area contributed by atoms with Gasteiger partial charge >= 0.3 is 0 Å². The Hall–Kier alpha value is -3.26. The Morgan fingerprint density at radius 3 is 3.04 bits per heavy atom. The normalized spacial score (nSPS) is 15.2. The van der Waals surface area contributed by atoms with E-state index in [1.54, 1.807) is 30.3 Å². The first-order chi connectivity index (χ1) is 12.6. The van der Waals surface area contributed by atoms with Crippen molar-refractivity contribution in [3.8, 4) is 17.6 Å². The van der Waals surface area contributed by atoms with Gasteiger partial charge in [-0.05, 0) is 50.3 Å². The lowest BCUT2D eigenvalue weighted by atomic mass is 10.1. The van der Waals surface area contributed by atoms with Crippen molar-refractivity contribution < 1.29 is 14.3 Å². The van der Waals surface area contributed by atoms with Gasteiger partial charge in [0.25, 0.3) is 0 Å². The molecule has 0 fully saturated rings. The fourth-order valence-electron chi connectivity index (χ4n) is 2.88. The Morgan fingerprint density at radius 1 is 1.42 bits per heavy atom. The molecule has 5 heteroatoms. The van der Waals surface area contributed by atoms with Crippen LogP contribution in [0.1, 0.15) is 30.5 Å². The van der Waals surface area contributed by atoms with Crippen LogP contribution in [0.25, 0.3) is 6.08 Å². The molecule has 1 unspecified atom stereocenters. The quantitative estimate of drug-likeness (QED) is 0.831. The van der Waals surface area contributed by atoms with Crippen LogP contribution < -0.4 is 14.8 Å². The zero-order valence-electron chi connectivity index (χ0n) is 14.8. The summed E-state index contributed by atoms with van der Waals surface area (Å²) in [6.45, 7) is 4.50. The van der Waals surface area contributed by atoms with Crippen molar-refractivity contribution in [3.05, 3.63) is 59.2 Å². The Morgan fingerprint density at radius 2 is 2.27 bits per heavy atom. The molecule has 0 aliphatic carbocycles. The third kappa shape index (κ3) is 4.04. The van der Waals surface area contributed by atoms with Gasteiger partial charge < -0.3 is 14.8 Å². The van der Waals surface area contributed by atoms with Gasteiger partial charge in [-0.15, -0.1) is 0 Å². The second-order valence-electron chi connectivity index (χ2n) is 6.08. The van der Waals surface area contributed by atoms with Crippen molar-refractivity contribution in [2.45, 2.75) is 26.4 Å². The van der Waals surface area contributed by atoms with Crippen molar-refractivity contribution in [3.63, 3.8) is 0 Å². The molecule has 1 aliphatic rings. The Kier molecular flexibility index (Phi) is 5.23. The third-order valence-corrected chi connectivity index (χ3v) is 4.00. The number of hydrogen-bond donors (Lipinski definition) is 1. The first-order valence-electron chi connectivity index (χ1n) is 8.54. The largest absolute Gasteiger partial charge is 0.493 e. The van der Waals surface area contributed by atoms with Crippen LogP contribution in [0.4, 0.5) is 5.69 Å². The topological polar surface area (TPSA) is 71.3 Å². The number of carbonyl (C=O) groups excluding carboxylic acids is 1. The second kappa shape index (κ2) is 7.75. The third-order valence-electron chi connectivity index (χ3n) is 4.00. The molecular weight excluding hydrogens is 328 g/mol. The molecule has 0 bridgehead atoms. The average molecular weight is 348 g/mol. The van der Waals surface area contributed by atoms with Gasteiger partial charge in [-0.25, -0.2) is 0 Å². The maximum atomic E-state index is 12.2. The zero-order valence-corrected chi connectivity index (χ0v) is 14.8. The van der Waals surface area contributed by atoms with Gasteiger partial charge in [-0.1, -0.05) is 6.07 Å². The number of nitriles is 1. The van der Waals surface area contributed by atoms with E-state index in [0.717, 1.165) is 29.0 Å². The minimum Gasteiger partial charge on any atom is -0.493 e. The standard InChI is InChI=1S/C21H20N2O3/c1-3-25-19-12-17-9-14(2)26-20(17)11-16(19)7-8-21(24)23-18-6-4-5-15(10-18)13-22/h4-8,10-12,14H,3,9H2,1-2H3,(H,23,24)/b8-7+. The number of benzene rings is 2. The molecule has 0 radical (unpaired) electrons. The molecule has 5 nitrogen and oxygen atoms in total. The summed E-state index contributed by atoms with van der Waals surface area (Å²) in [5.74, 6) is 1.29. The van der Waals surface area contributed by atoms with E-state index in [9.17, 15) is 4.79 Å². The predicted molar refractivity (Wildman–Crippen MR) is 100 cm³/mol. The zero-order chi connectivity index (χ0) is 18.5. The maximum Gasteiger partial charge on any atom is 0.248 e. The van der Waals surface area contributed by atoms with Crippen molar-refractivity contribution >= 4 is 17.7 Å². The van der Waals surface area contributed by atoms with E-state index in [0.29, 0.717) is 17.9 Å². The molecule has 1 amide bonds. The molecule has 0 spiro atoms. The fourth-order valence-corrected chi connectivity index (χ4v) is 2.88. The number of carbonyl (C=O) groups is 1. The van der Waals surface area contributed by atoms with E-state index in [4.69, 9.17) is 14.7 Å². The van der Waals surface area contributed by atoms with E-state index < -0.39 is 0 Å². The van der Waals surface area contributed by atoms with Crippen LogP contribution in [0.3, 0.4) is 0 Å². The fraction of sp³-hybridized carbons (Fsp3) is 0.238. The van der Waals surface area contributed by atoms with E-state index in [1.807, 2.05) is 32.0 Å². The van der Waals surface area contributed by atoms with Crippen LogP contribution >= 0.6 is 0 Å².